The van der Waals surface area contributed by atoms with Crippen LogP contribution in [0.2, 0.25) is 0 Å². The summed E-state index contributed by atoms with van der Waals surface area (Å²) in [6.07, 6.45) is 1.68. The van der Waals surface area contributed by atoms with Gasteiger partial charge >= 0.3 is 0 Å². The smallest absolute Gasteiger partial charge is 0.254 e. The number of rotatable bonds is 9. The number of hydrogen-bond donors (Lipinski definition) is 3. The molecule has 1 saturated heterocycles. The number of anilines is 2. The van der Waals surface area contributed by atoms with E-state index >= 15 is 0 Å². The Hall–Kier alpha value is -3.11. The van der Waals surface area contributed by atoms with E-state index in [2.05, 4.69) is 26.5 Å². The molecular weight excluding hydrogens is 468 g/mol. The fourth-order valence-electron chi connectivity index (χ4n) is 4.49. The maximum Gasteiger partial charge on any atom is 0.254 e. The number of carbonyl (C=O) groups is 1. The number of nitrogens with one attached hydrogen (secondary N) is 3. The Kier molecular flexibility index (Phi) is 8.39. The lowest BCUT2D eigenvalue weighted by Gasteiger charge is -2.37. The number of aryl methyl sites for hydroxylation is 2. The van der Waals surface area contributed by atoms with E-state index in [4.69, 9.17) is 4.74 Å². The number of pyridine rings is 1. The number of sulfonamides is 1. The highest BCUT2D eigenvalue weighted by Gasteiger charge is 2.25. The first kappa shape index (κ1) is 26.5. The summed E-state index contributed by atoms with van der Waals surface area (Å²) < 4.78 is 32.4. The van der Waals surface area contributed by atoms with Gasteiger partial charge in [0.15, 0.2) is 0 Å². The zero-order chi connectivity index (χ0) is 25.8. The van der Waals surface area contributed by atoms with Crippen LogP contribution < -0.4 is 20.5 Å². The van der Waals surface area contributed by atoms with Crippen molar-refractivity contribution in [2.45, 2.75) is 53.1 Å². The Balaban J connectivity index is 2.00. The number of hydrogen-bond acceptors (Lipinski definition) is 6. The minimum atomic E-state index is -3.77. The van der Waals surface area contributed by atoms with E-state index in [1.54, 1.807) is 13.0 Å². The molecule has 3 N–H and O–H groups in total. The molecular formula is C25H34N4O5S. The summed E-state index contributed by atoms with van der Waals surface area (Å²) in [5.74, 6) is -0.397. The molecule has 1 aliphatic rings. The van der Waals surface area contributed by atoms with Crippen molar-refractivity contribution in [1.82, 2.24) is 10.3 Å². The van der Waals surface area contributed by atoms with E-state index in [1.807, 2.05) is 26.8 Å². The van der Waals surface area contributed by atoms with E-state index in [1.165, 1.54) is 6.07 Å². The van der Waals surface area contributed by atoms with Crippen LogP contribution in [-0.4, -0.2) is 45.1 Å². The molecule has 0 saturated carbocycles. The first-order valence-electron chi connectivity index (χ1n) is 11.7. The first-order chi connectivity index (χ1) is 16.6. The summed E-state index contributed by atoms with van der Waals surface area (Å²) in [6, 6.07) is 5.33. The van der Waals surface area contributed by atoms with Gasteiger partial charge in [0.05, 0.1) is 5.69 Å². The normalized spacial score (nSPS) is 14.4. The van der Waals surface area contributed by atoms with Crippen LogP contribution in [0.4, 0.5) is 11.4 Å². The number of nitrogens with zero attached hydrogens (tertiary/aromatic N) is 1. The number of amides is 1. The summed E-state index contributed by atoms with van der Waals surface area (Å²) in [7, 11) is -3.77. The van der Waals surface area contributed by atoms with Crippen LogP contribution in [0.1, 0.15) is 52.5 Å². The number of aromatic nitrogens is 1. The molecule has 3 rings (SSSR count). The van der Waals surface area contributed by atoms with Crippen LogP contribution in [0, 0.1) is 20.8 Å². The molecule has 0 radical (unpaired) electrons. The quantitative estimate of drug-likeness (QED) is 0.485. The highest BCUT2D eigenvalue weighted by molar-refractivity contribution is 7.95. The average Bonchev–Trinajstić information content (AvgIpc) is 2.81. The molecule has 1 fully saturated rings. The van der Waals surface area contributed by atoms with E-state index in [-0.39, 0.29) is 23.8 Å². The third kappa shape index (κ3) is 6.32. The van der Waals surface area contributed by atoms with Crippen molar-refractivity contribution in [2.24, 2.45) is 0 Å². The molecule has 2 heterocycles. The van der Waals surface area contributed by atoms with E-state index < -0.39 is 15.9 Å². The third-order valence-electron chi connectivity index (χ3n) is 6.31. The molecule has 2 aromatic rings. The molecule has 0 atom stereocenters. The lowest BCUT2D eigenvalue weighted by atomic mass is 10.00. The predicted molar refractivity (Wildman–Crippen MR) is 138 cm³/mol. The summed E-state index contributed by atoms with van der Waals surface area (Å²) >= 11 is 0. The average molecular weight is 503 g/mol. The van der Waals surface area contributed by atoms with Gasteiger partial charge in [0.25, 0.3) is 21.5 Å². The van der Waals surface area contributed by atoms with Gasteiger partial charge in [-0.3, -0.25) is 14.3 Å². The minimum absolute atomic E-state index is 0.0507. The van der Waals surface area contributed by atoms with Crippen molar-refractivity contribution in [3.05, 3.63) is 68.5 Å². The fourth-order valence-corrected chi connectivity index (χ4v) is 5.01. The van der Waals surface area contributed by atoms with Crippen molar-refractivity contribution in [1.29, 1.82) is 0 Å². The maximum atomic E-state index is 13.3. The summed E-state index contributed by atoms with van der Waals surface area (Å²) in [5, 5.41) is 3.66. The zero-order valence-electron chi connectivity index (χ0n) is 20.7. The third-order valence-corrected chi connectivity index (χ3v) is 7.26. The number of H-pyrrole nitrogens is 1. The second-order valence-electron chi connectivity index (χ2n) is 8.74. The van der Waals surface area contributed by atoms with E-state index in [0.29, 0.717) is 30.9 Å². The van der Waals surface area contributed by atoms with Crippen LogP contribution in [0.5, 0.6) is 0 Å². The van der Waals surface area contributed by atoms with Crippen molar-refractivity contribution in [3.63, 3.8) is 0 Å². The van der Waals surface area contributed by atoms with Crippen LogP contribution in [0.3, 0.4) is 0 Å². The van der Waals surface area contributed by atoms with Crippen LogP contribution in [0.15, 0.2) is 35.0 Å². The molecule has 190 valence electrons. The Morgan fingerprint density at radius 3 is 2.51 bits per heavy atom. The van der Waals surface area contributed by atoms with Gasteiger partial charge in [0.1, 0.15) is 0 Å². The fraction of sp³-hybridized carbons (Fsp3) is 0.440. The van der Waals surface area contributed by atoms with Crippen LogP contribution in [-0.2, 0) is 21.3 Å². The van der Waals surface area contributed by atoms with Gasteiger partial charge in [-0.2, -0.15) is 0 Å². The standard InChI is InChI=1S/C25H34N4O5S/c1-6-29(20-8-10-34-11-9-20)23-14-19(28-35(32,33)7-2)13-21(18(23)5)24(30)26-15-22-16(3)12-17(4)27-25(22)31/h7,12-14,20,28H,2,6,8-11,15H2,1,3-5H3,(H,26,30)(H,27,31). The van der Waals surface area contributed by atoms with Gasteiger partial charge in [-0.15, -0.1) is 0 Å². The zero-order valence-corrected chi connectivity index (χ0v) is 21.5. The largest absolute Gasteiger partial charge is 0.381 e. The van der Waals surface area contributed by atoms with Crippen molar-refractivity contribution >= 4 is 27.3 Å². The van der Waals surface area contributed by atoms with Crippen LogP contribution >= 0.6 is 0 Å². The summed E-state index contributed by atoms with van der Waals surface area (Å²) in [4.78, 5) is 30.6. The number of carbonyl (C=O) groups excluding carboxylic acids is 1. The molecule has 10 heteroatoms. The Bertz CT molecular complexity index is 1260. The monoisotopic (exact) mass is 502 g/mol. The molecule has 1 amide bonds. The van der Waals surface area contributed by atoms with Crippen molar-refractivity contribution in [3.8, 4) is 0 Å². The molecule has 1 aromatic carbocycles. The second kappa shape index (κ2) is 11.1. The maximum absolute atomic E-state index is 13.3. The molecule has 35 heavy (non-hydrogen) atoms. The lowest BCUT2D eigenvalue weighted by molar-refractivity contribution is 0.0846. The molecule has 1 aromatic heterocycles. The predicted octanol–water partition coefficient (Wildman–Crippen LogP) is 3.12. The summed E-state index contributed by atoms with van der Waals surface area (Å²) in [6.45, 7) is 12.9. The molecule has 0 aliphatic carbocycles. The van der Waals surface area contributed by atoms with E-state index in [0.717, 1.165) is 40.8 Å². The molecule has 0 spiro atoms. The Morgan fingerprint density at radius 1 is 1.23 bits per heavy atom. The minimum Gasteiger partial charge on any atom is -0.381 e. The SMILES string of the molecule is C=CS(=O)(=O)Nc1cc(C(=O)NCc2c(C)cc(C)[nH]c2=O)c(C)c(N(CC)C2CCOCC2)c1. The molecule has 9 nitrogen and oxygen atoms in total. The van der Waals surface area contributed by atoms with Crippen LogP contribution in [0.25, 0.3) is 0 Å². The molecule has 0 unspecified atom stereocenters. The van der Waals surface area contributed by atoms with Gasteiger partial charge in [-0.1, -0.05) is 6.58 Å². The molecule has 1 aliphatic heterocycles. The van der Waals surface area contributed by atoms with Gasteiger partial charge in [-0.25, -0.2) is 8.42 Å². The summed E-state index contributed by atoms with van der Waals surface area (Å²) in [5.41, 5.74) is 3.87. The second-order valence-corrected chi connectivity index (χ2v) is 10.4. The number of aromatic amines is 1. The Labute approximate surface area is 206 Å². The lowest BCUT2D eigenvalue weighted by Crippen LogP contribution is -2.40. The number of ether oxygens (including phenoxy) is 1. The van der Waals surface area contributed by atoms with Gasteiger partial charge in [0, 0.05) is 60.3 Å². The van der Waals surface area contributed by atoms with Gasteiger partial charge < -0.3 is 19.9 Å². The highest BCUT2D eigenvalue weighted by atomic mass is 32.2. The molecule has 0 bridgehead atoms. The van der Waals surface area contributed by atoms with Gasteiger partial charge in [0.2, 0.25) is 0 Å². The van der Waals surface area contributed by atoms with Crippen molar-refractivity contribution in [2.75, 3.05) is 29.4 Å². The first-order valence-corrected chi connectivity index (χ1v) is 13.2. The Morgan fingerprint density at radius 2 is 1.91 bits per heavy atom. The number of benzene rings is 1. The van der Waals surface area contributed by atoms with Crippen molar-refractivity contribution < 1.29 is 17.9 Å². The topological polar surface area (TPSA) is 121 Å². The highest BCUT2D eigenvalue weighted by Crippen LogP contribution is 2.32. The van der Waals surface area contributed by atoms with Gasteiger partial charge in [-0.05, 0) is 69.9 Å². The van der Waals surface area contributed by atoms with E-state index in [9.17, 15) is 18.0 Å².